The number of hydrogen-bond donors (Lipinski definition) is 1. The fraction of sp³-hybridized carbons (Fsp3) is 0.500. The monoisotopic (exact) mass is 583 g/mol. The van der Waals surface area contributed by atoms with E-state index in [1.165, 1.54) is 11.1 Å². The Kier molecular flexibility index (Phi) is 11.9. The molecule has 2 aromatic rings. The number of para-hydroxylation sites is 1. The van der Waals surface area contributed by atoms with E-state index in [4.69, 9.17) is 24.1 Å². The third-order valence-corrected chi connectivity index (χ3v) is 6.03. The summed E-state index contributed by atoms with van der Waals surface area (Å²) in [5.74, 6) is 1.15. The molecule has 1 aliphatic rings. The van der Waals surface area contributed by atoms with Crippen LogP contribution in [0.15, 0.2) is 35.3 Å². The maximum atomic E-state index is 11.0. The fourth-order valence-corrected chi connectivity index (χ4v) is 4.14. The zero-order chi connectivity index (χ0) is 24.5. The number of nitrogens with zero attached hydrogens (tertiary/aromatic N) is 3. The molecule has 0 spiro atoms. The van der Waals surface area contributed by atoms with Crippen LogP contribution in [0.1, 0.15) is 67.3 Å². The first-order chi connectivity index (χ1) is 15.7. The number of phenols is 1. The van der Waals surface area contributed by atoms with Gasteiger partial charge >= 0.3 is 35.0 Å². The molecule has 0 aromatic heterocycles. The molecule has 7 heteroatoms. The molecular formula is C26H37Cl2N3OPd. The topological polar surface area (TPSA) is 39.1 Å². The van der Waals surface area contributed by atoms with Crippen LogP contribution in [0.4, 0.5) is 5.69 Å². The van der Waals surface area contributed by atoms with Gasteiger partial charge in [-0.2, -0.15) is 0 Å². The van der Waals surface area contributed by atoms with Gasteiger partial charge < -0.3 is 10.0 Å². The van der Waals surface area contributed by atoms with Crippen LogP contribution in [0.25, 0.3) is 0 Å². The molecule has 1 fully saturated rings. The molecule has 4 nitrogen and oxygen atoms in total. The number of aliphatic imine (C=N–C) groups is 1. The number of aryl methyl sites for hydroxylation is 1. The molecule has 0 saturated carbocycles. The molecule has 0 bridgehead atoms. The van der Waals surface area contributed by atoms with Gasteiger partial charge in [-0.3, -0.25) is 9.89 Å². The molecule has 0 amide bonds. The molecule has 0 unspecified atom stereocenters. The maximum absolute atomic E-state index is 11.0. The summed E-state index contributed by atoms with van der Waals surface area (Å²) in [7, 11) is 11.8. The van der Waals surface area contributed by atoms with Crippen molar-refractivity contribution in [2.75, 3.05) is 33.2 Å². The van der Waals surface area contributed by atoms with Crippen molar-refractivity contribution in [3.05, 3.63) is 58.1 Å². The Morgan fingerprint density at radius 3 is 2.09 bits per heavy atom. The average molecular weight is 585 g/mol. The van der Waals surface area contributed by atoms with E-state index in [-0.39, 0.29) is 15.9 Å². The van der Waals surface area contributed by atoms with E-state index in [1.807, 2.05) is 12.3 Å². The Bertz CT molecular complexity index is 900. The van der Waals surface area contributed by atoms with Crippen molar-refractivity contribution < 1.29 is 21.0 Å². The van der Waals surface area contributed by atoms with Gasteiger partial charge in [0, 0.05) is 50.1 Å². The predicted molar refractivity (Wildman–Crippen MR) is 139 cm³/mol. The van der Waals surface area contributed by atoms with E-state index in [9.17, 15) is 5.11 Å². The van der Waals surface area contributed by atoms with Crippen LogP contribution < -0.4 is 0 Å². The molecular weight excluding hydrogens is 548 g/mol. The zero-order valence-corrected chi connectivity index (χ0v) is 23.6. The normalized spacial score (nSPS) is 15.5. The molecule has 1 heterocycles. The van der Waals surface area contributed by atoms with E-state index in [2.05, 4.69) is 75.7 Å². The SMILES string of the molecule is Cc1cc(C=Nc2c(C(C)C)cccc2C(C)C)c(O)c(CN2CCN(C)CC2)c1.[Cl][Pd][Cl]. The predicted octanol–water partition coefficient (Wildman–Crippen LogP) is 6.82. The second-order valence-electron chi connectivity index (χ2n) is 9.34. The summed E-state index contributed by atoms with van der Waals surface area (Å²) in [6.45, 7) is 15.9. The summed E-state index contributed by atoms with van der Waals surface area (Å²) in [4.78, 5) is 9.68. The van der Waals surface area contributed by atoms with E-state index in [0.29, 0.717) is 17.6 Å². The standard InChI is InChI=1S/C26H37N3O.2ClH.Pd/c1-18(2)23-8-7-9-24(19(3)4)25(23)27-16-21-14-20(5)15-22(26(21)30)17-29-12-10-28(6)11-13-29;;;/h7-9,14-16,18-19,30H,10-13,17H2,1-6H3;2*1H;/q;;;+2/p-2. The second-order valence-corrected chi connectivity index (χ2v) is 11.7. The van der Waals surface area contributed by atoms with Crippen molar-refractivity contribution >= 4 is 31.0 Å². The third kappa shape index (κ3) is 8.35. The molecule has 1 N–H and O–H groups in total. The first-order valence-electron chi connectivity index (χ1n) is 11.4. The summed E-state index contributed by atoms with van der Waals surface area (Å²) in [5, 5.41) is 11.0. The molecule has 0 aliphatic carbocycles. The molecule has 33 heavy (non-hydrogen) atoms. The number of rotatable bonds is 6. The number of hydrogen-bond acceptors (Lipinski definition) is 4. The summed E-state index contributed by atoms with van der Waals surface area (Å²) >= 11 is -0.106. The summed E-state index contributed by atoms with van der Waals surface area (Å²) in [5.41, 5.74) is 6.49. The van der Waals surface area contributed by atoms with Crippen molar-refractivity contribution in [3.63, 3.8) is 0 Å². The summed E-state index contributed by atoms with van der Waals surface area (Å²) < 4.78 is 0. The van der Waals surface area contributed by atoms with Crippen LogP contribution in [-0.4, -0.2) is 54.3 Å². The number of phenolic OH excluding ortho intramolecular Hbond substituents is 1. The van der Waals surface area contributed by atoms with Gasteiger partial charge in [-0.15, -0.1) is 0 Å². The molecule has 0 atom stereocenters. The van der Waals surface area contributed by atoms with Crippen LogP contribution in [0, 0.1) is 6.92 Å². The number of piperazine rings is 1. The Morgan fingerprint density at radius 1 is 1.03 bits per heavy atom. The van der Waals surface area contributed by atoms with Gasteiger partial charge in [0.2, 0.25) is 0 Å². The Labute approximate surface area is 216 Å². The third-order valence-electron chi connectivity index (χ3n) is 6.03. The fourth-order valence-electron chi connectivity index (χ4n) is 4.14. The minimum atomic E-state index is -0.106. The molecule has 0 radical (unpaired) electrons. The molecule has 186 valence electrons. The Hall–Kier alpha value is -0.928. The van der Waals surface area contributed by atoms with Gasteiger partial charge in [-0.1, -0.05) is 52.0 Å². The van der Waals surface area contributed by atoms with Crippen LogP contribution >= 0.6 is 19.1 Å². The zero-order valence-electron chi connectivity index (χ0n) is 20.5. The van der Waals surface area contributed by atoms with Crippen molar-refractivity contribution in [1.82, 2.24) is 9.80 Å². The number of halogens is 2. The van der Waals surface area contributed by atoms with Gasteiger partial charge in [0.05, 0.1) is 5.69 Å². The van der Waals surface area contributed by atoms with E-state index >= 15 is 0 Å². The number of likely N-dealkylation sites (N-methyl/N-ethyl adjacent to an activating group) is 1. The van der Waals surface area contributed by atoms with E-state index < -0.39 is 0 Å². The summed E-state index contributed by atoms with van der Waals surface area (Å²) in [6, 6.07) is 10.6. The summed E-state index contributed by atoms with van der Waals surface area (Å²) in [6.07, 6.45) is 1.85. The second kappa shape index (κ2) is 13.8. The first-order valence-corrected chi connectivity index (χ1v) is 15.4. The van der Waals surface area contributed by atoms with Crippen LogP contribution in [0.5, 0.6) is 5.75 Å². The van der Waals surface area contributed by atoms with Crippen LogP contribution in [0.3, 0.4) is 0 Å². The van der Waals surface area contributed by atoms with Crippen molar-refractivity contribution in [1.29, 1.82) is 0 Å². The molecule has 3 rings (SSSR count). The number of benzene rings is 2. The van der Waals surface area contributed by atoms with Crippen LogP contribution in [0.2, 0.25) is 0 Å². The van der Waals surface area contributed by atoms with Crippen molar-refractivity contribution in [2.45, 2.75) is 53.0 Å². The van der Waals surface area contributed by atoms with E-state index in [0.717, 1.165) is 55.1 Å². The van der Waals surface area contributed by atoms with Gasteiger partial charge in [-0.05, 0) is 48.6 Å². The quantitative estimate of drug-likeness (QED) is 0.299. The van der Waals surface area contributed by atoms with E-state index in [1.54, 1.807) is 0 Å². The first kappa shape index (κ1) is 28.3. The van der Waals surface area contributed by atoms with Gasteiger partial charge in [0.1, 0.15) is 5.75 Å². The van der Waals surface area contributed by atoms with Crippen LogP contribution in [-0.2, 0) is 22.5 Å². The molecule has 1 saturated heterocycles. The van der Waals surface area contributed by atoms with Gasteiger partial charge in [0.15, 0.2) is 0 Å². The van der Waals surface area contributed by atoms with Gasteiger partial charge in [0.25, 0.3) is 0 Å². The molecule has 2 aromatic carbocycles. The molecule has 1 aliphatic heterocycles. The Morgan fingerprint density at radius 2 is 1.58 bits per heavy atom. The van der Waals surface area contributed by atoms with Crippen molar-refractivity contribution in [2.24, 2.45) is 4.99 Å². The average Bonchev–Trinajstić information content (AvgIpc) is 2.76. The number of aromatic hydroxyl groups is 1. The minimum absolute atomic E-state index is 0.106. The Balaban J connectivity index is 0.00000122. The van der Waals surface area contributed by atoms with Crippen molar-refractivity contribution in [3.8, 4) is 5.75 Å². The van der Waals surface area contributed by atoms with Gasteiger partial charge in [-0.25, -0.2) is 0 Å².